The molecule has 13 heavy (non-hydrogen) atoms. The molecule has 0 radical (unpaired) electrons. The Labute approximate surface area is 78.7 Å². The molecule has 3 nitrogen and oxygen atoms in total. The lowest BCUT2D eigenvalue weighted by Gasteiger charge is -2.10. The summed E-state index contributed by atoms with van der Waals surface area (Å²) in [5, 5.41) is 4.23. The summed E-state index contributed by atoms with van der Waals surface area (Å²) >= 11 is 0. The Morgan fingerprint density at radius 3 is 2.85 bits per heavy atom. The summed E-state index contributed by atoms with van der Waals surface area (Å²) in [6.45, 7) is 6.96. The summed E-state index contributed by atoms with van der Waals surface area (Å²) in [4.78, 5) is 0. The van der Waals surface area contributed by atoms with Gasteiger partial charge in [0, 0.05) is 6.07 Å². The molecule has 0 spiro atoms. The van der Waals surface area contributed by atoms with Gasteiger partial charge in [0.2, 0.25) is 0 Å². The minimum absolute atomic E-state index is 1.18. The molecule has 0 unspecified atom stereocenters. The van der Waals surface area contributed by atoms with Gasteiger partial charge in [-0.05, 0) is 25.7 Å². The van der Waals surface area contributed by atoms with Crippen molar-refractivity contribution in [3.05, 3.63) is 30.7 Å². The van der Waals surface area contributed by atoms with Crippen LogP contribution in [-0.4, -0.2) is 17.8 Å². The zero-order valence-electron chi connectivity index (χ0n) is 8.23. The molecule has 68 valence electrons. The van der Waals surface area contributed by atoms with Crippen molar-refractivity contribution in [1.82, 2.24) is 9.61 Å². The topological polar surface area (TPSA) is 21.2 Å². The fourth-order valence-corrected chi connectivity index (χ4v) is 2.83. The van der Waals surface area contributed by atoms with E-state index in [1.165, 1.54) is 5.65 Å². The van der Waals surface area contributed by atoms with Crippen LogP contribution in [0.3, 0.4) is 0 Å². The Morgan fingerprint density at radius 2 is 2.15 bits per heavy atom. The van der Waals surface area contributed by atoms with Crippen LogP contribution in [0, 0.1) is 0 Å². The molecule has 0 aromatic carbocycles. The minimum Gasteiger partial charge on any atom is -0.279 e. The number of imidazole rings is 1. The number of aromatic nitrogens is 3. The predicted octanol–water partition coefficient (Wildman–Crippen LogP) is 1.30. The summed E-state index contributed by atoms with van der Waals surface area (Å²) in [6.07, 6.45) is 5.93. The van der Waals surface area contributed by atoms with Crippen molar-refractivity contribution in [3.63, 3.8) is 0 Å². The minimum atomic E-state index is -1.29. The Hall–Kier alpha value is -1.16. The molecule has 0 fully saturated rings. The average molecular weight is 192 g/mol. The number of fused-ring (bicyclic) bond motifs is 1. The van der Waals surface area contributed by atoms with E-state index in [-0.39, 0.29) is 0 Å². The van der Waals surface area contributed by atoms with Crippen LogP contribution >= 0.6 is 0 Å². The van der Waals surface area contributed by atoms with E-state index in [2.05, 4.69) is 41.2 Å². The van der Waals surface area contributed by atoms with E-state index in [0.29, 0.717) is 0 Å². The van der Waals surface area contributed by atoms with Gasteiger partial charge in [-0.15, -0.1) is 4.52 Å². The lowest BCUT2D eigenvalue weighted by atomic mass is 10.6. The zero-order valence-corrected chi connectivity index (χ0v) is 9.23. The van der Waals surface area contributed by atoms with E-state index in [4.69, 9.17) is 0 Å². The van der Waals surface area contributed by atoms with Crippen LogP contribution in [-0.2, 0) is 0 Å². The van der Waals surface area contributed by atoms with Crippen LogP contribution in [0.2, 0.25) is 19.6 Å². The smallest absolute Gasteiger partial charge is 0.279 e. The third kappa shape index (κ3) is 1.37. The summed E-state index contributed by atoms with van der Waals surface area (Å²) < 4.78 is 4.26. The zero-order chi connectivity index (χ0) is 9.47. The molecule has 2 rings (SSSR count). The second-order valence-electron chi connectivity index (χ2n) is 4.17. The van der Waals surface area contributed by atoms with Crippen molar-refractivity contribution in [2.45, 2.75) is 19.6 Å². The van der Waals surface area contributed by atoms with Crippen molar-refractivity contribution in [2.24, 2.45) is 0 Å². The van der Waals surface area contributed by atoms with Crippen molar-refractivity contribution >= 4 is 13.9 Å². The highest BCUT2D eigenvalue weighted by atomic mass is 28.3. The van der Waals surface area contributed by atoms with Gasteiger partial charge < -0.3 is 0 Å². The van der Waals surface area contributed by atoms with Crippen molar-refractivity contribution in [3.8, 4) is 0 Å². The largest absolute Gasteiger partial charge is 0.292 e. The highest BCUT2D eigenvalue weighted by molar-refractivity contribution is 6.67. The Kier molecular flexibility index (Phi) is 1.73. The van der Waals surface area contributed by atoms with Crippen molar-refractivity contribution in [2.75, 3.05) is 0 Å². The molecule has 2 aromatic heterocycles. The molecule has 0 aliphatic heterocycles. The van der Waals surface area contributed by atoms with Gasteiger partial charge in [-0.3, -0.25) is 4.23 Å². The SMILES string of the molecule is C[Si](C)(C)[n+]1ccn2ncccc21. The lowest BCUT2D eigenvalue weighted by Crippen LogP contribution is -2.57. The molecule has 4 heteroatoms. The van der Waals surface area contributed by atoms with E-state index in [0.717, 1.165) is 0 Å². The Balaban J connectivity index is 2.72. The molecule has 0 bridgehead atoms. The Morgan fingerprint density at radius 1 is 1.38 bits per heavy atom. The molecular weight excluding hydrogens is 178 g/mol. The maximum absolute atomic E-state index is 4.23. The molecule has 0 N–H and O–H groups in total. The van der Waals surface area contributed by atoms with Crippen LogP contribution in [0.5, 0.6) is 0 Å². The molecule has 0 saturated carbocycles. The first-order valence-electron chi connectivity index (χ1n) is 4.43. The fraction of sp³-hybridized carbons (Fsp3) is 0.333. The van der Waals surface area contributed by atoms with Gasteiger partial charge in [-0.1, -0.05) is 5.10 Å². The Bertz CT molecular complexity index is 428. The fourth-order valence-electron chi connectivity index (χ4n) is 1.45. The van der Waals surface area contributed by atoms with E-state index >= 15 is 0 Å². The molecule has 0 atom stereocenters. The first-order chi connectivity index (χ1) is 6.09. The summed E-state index contributed by atoms with van der Waals surface area (Å²) in [7, 11) is -1.29. The van der Waals surface area contributed by atoms with Crippen LogP contribution in [0.4, 0.5) is 0 Å². The predicted molar refractivity (Wildman–Crippen MR) is 54.1 cm³/mol. The van der Waals surface area contributed by atoms with Crippen LogP contribution in [0.25, 0.3) is 5.65 Å². The van der Waals surface area contributed by atoms with Gasteiger partial charge in [0.05, 0.1) is 6.20 Å². The van der Waals surface area contributed by atoms with Gasteiger partial charge in [-0.2, -0.15) is 0 Å². The summed E-state index contributed by atoms with van der Waals surface area (Å²) in [5.74, 6) is 0. The quantitative estimate of drug-likeness (QED) is 0.624. The molecule has 0 saturated heterocycles. The normalized spacial score (nSPS) is 12.2. The second-order valence-corrected chi connectivity index (χ2v) is 8.99. The number of hydrogen-bond donors (Lipinski definition) is 0. The second kappa shape index (κ2) is 2.66. The molecule has 2 heterocycles. The molecule has 0 aliphatic carbocycles. The first kappa shape index (κ1) is 8.44. The van der Waals surface area contributed by atoms with E-state index < -0.39 is 8.24 Å². The number of hydrogen-bond acceptors (Lipinski definition) is 1. The first-order valence-corrected chi connectivity index (χ1v) is 7.88. The van der Waals surface area contributed by atoms with Gasteiger partial charge in [-0.25, -0.2) is 0 Å². The molecule has 0 amide bonds. The average Bonchev–Trinajstić information content (AvgIpc) is 2.45. The van der Waals surface area contributed by atoms with Crippen LogP contribution < -0.4 is 4.23 Å². The standard InChI is InChI=1S/C9H14N3Si/c1-13(2,3)12-8-7-11-9(12)5-4-6-10-11/h4-8H,1-3H3/q+1. The van der Waals surface area contributed by atoms with Gasteiger partial charge in [0.1, 0.15) is 6.20 Å². The van der Waals surface area contributed by atoms with Gasteiger partial charge in [0.15, 0.2) is 6.20 Å². The van der Waals surface area contributed by atoms with Crippen molar-refractivity contribution < 1.29 is 4.23 Å². The number of nitrogens with zero attached hydrogens (tertiary/aromatic N) is 3. The van der Waals surface area contributed by atoms with E-state index in [1.807, 2.05) is 23.0 Å². The highest BCUT2D eigenvalue weighted by Gasteiger charge is 2.26. The lowest BCUT2D eigenvalue weighted by molar-refractivity contribution is -0.515. The van der Waals surface area contributed by atoms with E-state index in [1.54, 1.807) is 0 Å². The van der Waals surface area contributed by atoms with Crippen LogP contribution in [0.15, 0.2) is 30.7 Å². The summed E-state index contributed by atoms with van der Waals surface area (Å²) in [5.41, 5.74) is 1.18. The summed E-state index contributed by atoms with van der Waals surface area (Å²) in [6, 6.07) is 4.08. The molecule has 0 aliphatic rings. The third-order valence-electron chi connectivity index (χ3n) is 2.08. The molecular formula is C9H14N3Si+. The van der Waals surface area contributed by atoms with E-state index in [9.17, 15) is 0 Å². The van der Waals surface area contributed by atoms with Gasteiger partial charge in [0.25, 0.3) is 13.9 Å². The maximum atomic E-state index is 4.23. The number of rotatable bonds is 1. The van der Waals surface area contributed by atoms with Crippen molar-refractivity contribution in [1.29, 1.82) is 0 Å². The van der Waals surface area contributed by atoms with Crippen LogP contribution in [0.1, 0.15) is 0 Å². The monoisotopic (exact) mass is 192 g/mol. The highest BCUT2D eigenvalue weighted by Crippen LogP contribution is 2.01. The molecule has 2 aromatic rings. The maximum Gasteiger partial charge on any atom is 0.292 e. The third-order valence-corrected chi connectivity index (χ3v) is 3.91. The van der Waals surface area contributed by atoms with Gasteiger partial charge >= 0.3 is 0 Å².